The maximum atomic E-state index is 13.0. The Morgan fingerprint density at radius 2 is 1.92 bits per heavy atom. The highest BCUT2D eigenvalue weighted by atomic mass is 32.2. The van der Waals surface area contributed by atoms with Gasteiger partial charge in [-0.2, -0.15) is 5.10 Å². The van der Waals surface area contributed by atoms with Gasteiger partial charge in [-0.05, 0) is 51.5 Å². The Bertz CT molecular complexity index is 1440. The number of hydrogen-bond acceptors (Lipinski definition) is 9. The van der Waals surface area contributed by atoms with Crippen molar-refractivity contribution in [2.75, 3.05) is 24.8 Å². The Kier molecular flexibility index (Phi) is 7.98. The number of amides is 1. The molecule has 0 spiro atoms. The molecule has 10 nitrogen and oxygen atoms in total. The summed E-state index contributed by atoms with van der Waals surface area (Å²) < 4.78 is 14.4. The van der Waals surface area contributed by atoms with Crippen LogP contribution in [-0.2, 0) is 16.6 Å². The first-order valence-corrected chi connectivity index (χ1v) is 13.3. The number of benzene rings is 1. The zero-order valence-corrected chi connectivity index (χ0v) is 23.1. The number of methoxy groups -OCH3 is 1. The van der Waals surface area contributed by atoms with Gasteiger partial charge in [0, 0.05) is 17.6 Å². The van der Waals surface area contributed by atoms with Crippen molar-refractivity contribution in [2.45, 2.75) is 32.9 Å². The molecule has 0 aliphatic rings. The van der Waals surface area contributed by atoms with Crippen molar-refractivity contribution in [3.8, 4) is 23.0 Å². The third-order valence-electron chi connectivity index (χ3n) is 5.75. The zero-order valence-electron chi connectivity index (χ0n) is 21.5. The van der Waals surface area contributed by atoms with Crippen molar-refractivity contribution < 1.29 is 19.1 Å². The fraction of sp³-hybridized carbons (Fsp3) is 0.320. The lowest BCUT2D eigenvalue weighted by Gasteiger charge is -2.13. The SMILES string of the molecule is CCOC(=O)c1c(NC(=O)CSc2nnc(-c3cc(C)n(C)n3)n2-c2ccccc2OC)sc(C)c1C. The summed E-state index contributed by atoms with van der Waals surface area (Å²) in [7, 11) is 3.46. The molecule has 4 aromatic rings. The molecule has 0 radical (unpaired) electrons. The van der Waals surface area contributed by atoms with Crippen LogP contribution in [0.15, 0.2) is 35.5 Å². The number of nitrogens with one attached hydrogen (secondary N) is 1. The van der Waals surface area contributed by atoms with Crippen molar-refractivity contribution in [1.29, 1.82) is 0 Å². The minimum atomic E-state index is -0.446. The Hall–Kier alpha value is -3.64. The number of anilines is 1. The molecule has 0 aliphatic carbocycles. The number of hydrogen-bond donors (Lipinski definition) is 1. The molecule has 37 heavy (non-hydrogen) atoms. The molecule has 0 fully saturated rings. The van der Waals surface area contributed by atoms with Crippen LogP contribution in [0.25, 0.3) is 17.2 Å². The van der Waals surface area contributed by atoms with Crippen molar-refractivity contribution in [3.63, 3.8) is 0 Å². The van der Waals surface area contributed by atoms with Crippen LogP contribution < -0.4 is 10.1 Å². The van der Waals surface area contributed by atoms with Gasteiger partial charge in [-0.1, -0.05) is 23.9 Å². The van der Waals surface area contributed by atoms with E-state index in [-0.39, 0.29) is 18.3 Å². The van der Waals surface area contributed by atoms with E-state index < -0.39 is 5.97 Å². The second-order valence-corrected chi connectivity index (χ2v) is 10.3. The Labute approximate surface area is 223 Å². The predicted molar refractivity (Wildman–Crippen MR) is 144 cm³/mol. The summed E-state index contributed by atoms with van der Waals surface area (Å²) in [6, 6.07) is 9.45. The molecule has 3 heterocycles. The first-order valence-electron chi connectivity index (χ1n) is 11.5. The zero-order chi connectivity index (χ0) is 26.7. The molecule has 3 aromatic heterocycles. The highest BCUT2D eigenvalue weighted by Crippen LogP contribution is 2.35. The summed E-state index contributed by atoms with van der Waals surface area (Å²) in [5.74, 6) is 0.490. The first kappa shape index (κ1) is 26.4. The van der Waals surface area contributed by atoms with E-state index in [1.807, 2.05) is 62.7 Å². The molecular formula is C25H28N6O4S2. The monoisotopic (exact) mass is 540 g/mol. The number of ether oxygens (including phenoxy) is 2. The standard InChI is InChI=1S/C25H28N6O4S2/c1-7-35-24(33)21-15(3)16(4)37-23(21)26-20(32)13-36-25-28-27-22(17-12-14(2)30(5)29-17)31(25)18-10-8-9-11-19(18)34-6/h8-12H,7,13H2,1-6H3,(H,26,32). The summed E-state index contributed by atoms with van der Waals surface area (Å²) in [6.07, 6.45) is 0. The molecule has 12 heteroatoms. The fourth-order valence-corrected chi connectivity index (χ4v) is 5.50. The van der Waals surface area contributed by atoms with Gasteiger partial charge in [0.05, 0.1) is 30.7 Å². The van der Waals surface area contributed by atoms with Gasteiger partial charge in [0.15, 0.2) is 11.0 Å². The largest absolute Gasteiger partial charge is 0.495 e. The summed E-state index contributed by atoms with van der Waals surface area (Å²) in [5.41, 5.74) is 3.55. The number of para-hydroxylation sites is 2. The topological polar surface area (TPSA) is 113 Å². The molecule has 1 amide bonds. The second-order valence-electron chi connectivity index (χ2n) is 8.15. The highest BCUT2D eigenvalue weighted by molar-refractivity contribution is 7.99. The van der Waals surface area contributed by atoms with Crippen LogP contribution >= 0.6 is 23.1 Å². The van der Waals surface area contributed by atoms with Gasteiger partial charge in [-0.15, -0.1) is 21.5 Å². The number of nitrogens with zero attached hydrogens (tertiary/aromatic N) is 5. The van der Waals surface area contributed by atoms with E-state index >= 15 is 0 Å². The molecule has 0 saturated carbocycles. The fourth-order valence-electron chi connectivity index (χ4n) is 3.69. The van der Waals surface area contributed by atoms with E-state index in [0.717, 1.165) is 21.8 Å². The third-order valence-corrected chi connectivity index (χ3v) is 7.80. The Morgan fingerprint density at radius 3 is 2.59 bits per heavy atom. The van der Waals surface area contributed by atoms with Gasteiger partial charge in [0.25, 0.3) is 0 Å². The average Bonchev–Trinajstić information content (AvgIpc) is 3.53. The average molecular weight is 541 g/mol. The Balaban J connectivity index is 1.63. The molecule has 194 valence electrons. The summed E-state index contributed by atoms with van der Waals surface area (Å²) >= 11 is 2.58. The van der Waals surface area contributed by atoms with Crippen LogP contribution in [0.3, 0.4) is 0 Å². The van der Waals surface area contributed by atoms with E-state index in [2.05, 4.69) is 20.6 Å². The second kappa shape index (κ2) is 11.2. The number of thioether (sulfide) groups is 1. The minimum absolute atomic E-state index is 0.0484. The van der Waals surface area contributed by atoms with Crippen LogP contribution in [-0.4, -0.2) is 55.9 Å². The summed E-state index contributed by atoms with van der Waals surface area (Å²) in [5, 5.41) is 17.2. The van der Waals surface area contributed by atoms with Gasteiger partial charge in [-0.25, -0.2) is 4.79 Å². The van der Waals surface area contributed by atoms with Gasteiger partial charge >= 0.3 is 5.97 Å². The molecule has 1 aromatic carbocycles. The van der Waals surface area contributed by atoms with Crippen molar-refractivity contribution in [3.05, 3.63) is 52.0 Å². The summed E-state index contributed by atoms with van der Waals surface area (Å²) in [6.45, 7) is 7.72. The van der Waals surface area contributed by atoms with Crippen LogP contribution in [0.4, 0.5) is 5.00 Å². The molecule has 0 atom stereocenters. The van der Waals surface area contributed by atoms with Gasteiger partial charge in [0.2, 0.25) is 5.91 Å². The van der Waals surface area contributed by atoms with E-state index in [1.165, 1.54) is 23.1 Å². The number of aromatic nitrogens is 5. The highest BCUT2D eigenvalue weighted by Gasteiger charge is 2.24. The van der Waals surface area contributed by atoms with Gasteiger partial charge in [0.1, 0.15) is 16.4 Å². The maximum Gasteiger partial charge on any atom is 0.341 e. The molecular weight excluding hydrogens is 512 g/mol. The molecule has 0 aliphatic heterocycles. The van der Waals surface area contributed by atoms with E-state index in [1.54, 1.807) is 18.7 Å². The predicted octanol–water partition coefficient (Wildman–Crippen LogP) is 4.57. The van der Waals surface area contributed by atoms with Crippen molar-refractivity contribution in [2.24, 2.45) is 7.05 Å². The van der Waals surface area contributed by atoms with E-state index in [0.29, 0.717) is 33.0 Å². The van der Waals surface area contributed by atoms with E-state index in [4.69, 9.17) is 9.47 Å². The minimum Gasteiger partial charge on any atom is -0.495 e. The molecule has 1 N–H and O–H groups in total. The smallest absolute Gasteiger partial charge is 0.341 e. The number of carbonyl (C=O) groups is 2. The normalized spacial score (nSPS) is 11.0. The van der Waals surface area contributed by atoms with Crippen LogP contribution in [0, 0.1) is 20.8 Å². The van der Waals surface area contributed by atoms with Crippen molar-refractivity contribution in [1.82, 2.24) is 24.5 Å². The molecule has 0 unspecified atom stereocenters. The number of rotatable bonds is 9. The van der Waals surface area contributed by atoms with E-state index in [9.17, 15) is 9.59 Å². The van der Waals surface area contributed by atoms with Crippen LogP contribution in [0.5, 0.6) is 5.75 Å². The number of carbonyl (C=O) groups excluding carboxylic acids is 2. The molecule has 0 bridgehead atoms. The molecule has 0 saturated heterocycles. The summed E-state index contributed by atoms with van der Waals surface area (Å²) in [4.78, 5) is 26.4. The quantitative estimate of drug-likeness (QED) is 0.243. The van der Waals surface area contributed by atoms with Gasteiger partial charge in [-0.3, -0.25) is 14.0 Å². The lowest BCUT2D eigenvalue weighted by molar-refractivity contribution is -0.113. The van der Waals surface area contributed by atoms with Crippen molar-refractivity contribution >= 4 is 40.0 Å². The Morgan fingerprint density at radius 1 is 1.16 bits per heavy atom. The molecule has 4 rings (SSSR count). The number of thiophene rings is 1. The lowest BCUT2D eigenvalue weighted by atomic mass is 10.1. The third kappa shape index (κ3) is 5.39. The number of esters is 1. The maximum absolute atomic E-state index is 13.0. The van der Waals surface area contributed by atoms with Crippen LogP contribution in [0.1, 0.15) is 33.4 Å². The lowest BCUT2D eigenvalue weighted by Crippen LogP contribution is -2.17. The van der Waals surface area contributed by atoms with Gasteiger partial charge < -0.3 is 14.8 Å². The number of aryl methyl sites for hydroxylation is 3. The van der Waals surface area contributed by atoms with Crippen LogP contribution in [0.2, 0.25) is 0 Å². The first-order chi connectivity index (χ1) is 17.7.